The van der Waals surface area contributed by atoms with Crippen LogP contribution in [0.15, 0.2) is 6.20 Å². The Kier molecular flexibility index (Phi) is 7.98. The first kappa shape index (κ1) is 18.7. The van der Waals surface area contributed by atoms with Crippen LogP contribution in [0.5, 0.6) is 0 Å². The molecule has 1 unspecified atom stereocenters. The molecule has 0 aliphatic rings. The zero-order chi connectivity index (χ0) is 13.8. The molecule has 5 nitrogen and oxygen atoms in total. The van der Waals surface area contributed by atoms with Crippen LogP contribution in [0.25, 0.3) is 0 Å². The molecule has 1 aromatic heterocycles. The van der Waals surface area contributed by atoms with Crippen LogP contribution in [0.2, 0.25) is 0 Å². The fourth-order valence-corrected chi connectivity index (χ4v) is 1.93. The molecular formula is C13H22N3O2Y-. The van der Waals surface area contributed by atoms with E-state index in [1.807, 2.05) is 10.9 Å². The van der Waals surface area contributed by atoms with Crippen LogP contribution in [0.4, 0.5) is 0 Å². The van der Waals surface area contributed by atoms with Crippen molar-refractivity contribution in [3.05, 3.63) is 17.8 Å². The predicted octanol–water partition coefficient (Wildman–Crippen LogP) is 2.47. The van der Waals surface area contributed by atoms with Gasteiger partial charge in [0.15, 0.2) is 0 Å². The maximum absolute atomic E-state index is 10.7. The van der Waals surface area contributed by atoms with E-state index in [1.165, 1.54) is 12.8 Å². The van der Waals surface area contributed by atoms with E-state index in [0.717, 1.165) is 12.8 Å². The van der Waals surface area contributed by atoms with Crippen molar-refractivity contribution in [2.45, 2.75) is 59.6 Å². The van der Waals surface area contributed by atoms with Crippen LogP contribution < -0.4 is 0 Å². The van der Waals surface area contributed by atoms with E-state index < -0.39 is 0 Å². The Balaban J connectivity index is 0.00000324. The van der Waals surface area contributed by atoms with Gasteiger partial charge in [-0.25, -0.2) is 4.68 Å². The third-order valence-corrected chi connectivity index (χ3v) is 3.01. The molecule has 1 radical (unpaired) electrons. The number of hydrogen-bond acceptors (Lipinski definition) is 4. The van der Waals surface area contributed by atoms with Crippen molar-refractivity contribution in [2.24, 2.45) is 0 Å². The van der Waals surface area contributed by atoms with Crippen LogP contribution in [0, 0.1) is 5.92 Å². The SMILES string of the molecule is CCC(C)(C[C-](C)C)n1cc(COC(C)=O)nn1.[Y]. The Hall–Kier alpha value is -0.286. The number of hydrogen-bond donors (Lipinski definition) is 0. The van der Waals surface area contributed by atoms with E-state index in [0.29, 0.717) is 5.69 Å². The van der Waals surface area contributed by atoms with Gasteiger partial charge in [0.2, 0.25) is 0 Å². The van der Waals surface area contributed by atoms with Gasteiger partial charge in [0.05, 0.1) is 6.20 Å². The Morgan fingerprint density at radius 3 is 2.63 bits per heavy atom. The first-order valence-electron chi connectivity index (χ1n) is 6.21. The Bertz CT molecular complexity index is 406. The van der Waals surface area contributed by atoms with Crippen LogP contribution in [0.1, 0.15) is 53.2 Å². The minimum Gasteiger partial charge on any atom is -0.459 e. The topological polar surface area (TPSA) is 57.0 Å². The Morgan fingerprint density at radius 2 is 2.16 bits per heavy atom. The molecule has 0 aliphatic carbocycles. The third-order valence-electron chi connectivity index (χ3n) is 3.01. The van der Waals surface area contributed by atoms with Gasteiger partial charge >= 0.3 is 5.97 Å². The summed E-state index contributed by atoms with van der Waals surface area (Å²) in [5.41, 5.74) is 0.610. The molecule has 6 heteroatoms. The fraction of sp³-hybridized carbons (Fsp3) is 0.692. The molecule has 1 heterocycles. The Morgan fingerprint density at radius 1 is 1.53 bits per heavy atom. The summed E-state index contributed by atoms with van der Waals surface area (Å²) < 4.78 is 6.78. The second kappa shape index (κ2) is 8.10. The molecule has 0 spiro atoms. The molecular weight excluding hydrogens is 319 g/mol. The number of esters is 1. The molecule has 105 valence electrons. The normalized spacial score (nSPS) is 13.8. The van der Waals surface area contributed by atoms with Gasteiger partial charge in [-0.2, -0.15) is 20.3 Å². The molecule has 0 aliphatic heterocycles. The molecule has 0 amide bonds. The second-order valence-electron chi connectivity index (χ2n) is 5.17. The summed E-state index contributed by atoms with van der Waals surface area (Å²) in [7, 11) is 0. The van der Waals surface area contributed by atoms with E-state index in [-0.39, 0.29) is 50.8 Å². The maximum Gasteiger partial charge on any atom is 0.303 e. The van der Waals surface area contributed by atoms with Crippen molar-refractivity contribution < 1.29 is 42.2 Å². The maximum atomic E-state index is 10.7. The largest absolute Gasteiger partial charge is 0.459 e. The number of rotatable bonds is 6. The minimum absolute atomic E-state index is 0. The first-order valence-corrected chi connectivity index (χ1v) is 6.21. The third kappa shape index (κ3) is 5.69. The monoisotopic (exact) mass is 341 g/mol. The number of carbonyl (C=O) groups is 1. The van der Waals surface area contributed by atoms with E-state index in [1.54, 1.807) is 0 Å². The standard InChI is InChI=1S/C13H22N3O2.Y/c1-6-13(5,7-10(2)3)16-8-12(14-15-16)9-18-11(4)17;/h8H,6-7,9H2,1-5H3;/q-1;. The summed E-state index contributed by atoms with van der Waals surface area (Å²) in [6.45, 7) is 10.1. The van der Waals surface area contributed by atoms with Gasteiger partial charge in [-0.3, -0.25) is 4.79 Å². The van der Waals surface area contributed by atoms with Gasteiger partial charge in [-0.05, 0) is 13.3 Å². The van der Waals surface area contributed by atoms with E-state index >= 15 is 0 Å². The zero-order valence-electron chi connectivity index (χ0n) is 12.4. The smallest absolute Gasteiger partial charge is 0.303 e. The first-order chi connectivity index (χ1) is 8.37. The summed E-state index contributed by atoms with van der Waals surface area (Å²) in [5, 5.41) is 8.19. The predicted molar refractivity (Wildman–Crippen MR) is 68.6 cm³/mol. The molecule has 1 aromatic rings. The van der Waals surface area contributed by atoms with Crippen molar-refractivity contribution in [1.82, 2.24) is 15.0 Å². The number of carbonyl (C=O) groups excluding carboxylic acids is 1. The van der Waals surface area contributed by atoms with Crippen molar-refractivity contribution in [2.75, 3.05) is 0 Å². The van der Waals surface area contributed by atoms with E-state index in [2.05, 4.69) is 38.0 Å². The summed E-state index contributed by atoms with van der Waals surface area (Å²) >= 11 is 0. The molecule has 0 bridgehead atoms. The fourth-order valence-electron chi connectivity index (χ4n) is 1.93. The van der Waals surface area contributed by atoms with Crippen LogP contribution in [-0.2, 0) is 54.4 Å². The average molecular weight is 341 g/mol. The van der Waals surface area contributed by atoms with E-state index in [4.69, 9.17) is 4.74 Å². The average Bonchev–Trinajstić information content (AvgIpc) is 2.74. The van der Waals surface area contributed by atoms with Crippen LogP contribution >= 0.6 is 0 Å². The van der Waals surface area contributed by atoms with Gasteiger partial charge in [0.25, 0.3) is 0 Å². The Labute approximate surface area is 140 Å². The van der Waals surface area contributed by atoms with Gasteiger partial charge in [-0.15, -0.1) is 5.10 Å². The van der Waals surface area contributed by atoms with Crippen LogP contribution in [0.3, 0.4) is 0 Å². The number of ether oxygens (including phenoxy) is 1. The van der Waals surface area contributed by atoms with Crippen molar-refractivity contribution in [3.63, 3.8) is 0 Å². The summed E-state index contributed by atoms with van der Waals surface area (Å²) in [5.74, 6) is 1.05. The second-order valence-corrected chi connectivity index (χ2v) is 5.17. The van der Waals surface area contributed by atoms with Crippen molar-refractivity contribution in [3.8, 4) is 0 Å². The summed E-state index contributed by atoms with van der Waals surface area (Å²) in [6, 6.07) is 0. The summed E-state index contributed by atoms with van der Waals surface area (Å²) in [4.78, 5) is 10.7. The van der Waals surface area contributed by atoms with Crippen molar-refractivity contribution >= 4 is 5.97 Å². The minimum atomic E-state index is -0.305. The zero-order valence-corrected chi connectivity index (χ0v) is 15.3. The molecule has 0 aromatic carbocycles. The molecule has 1 rings (SSSR count). The van der Waals surface area contributed by atoms with Crippen molar-refractivity contribution in [1.29, 1.82) is 0 Å². The quantitative estimate of drug-likeness (QED) is 0.589. The van der Waals surface area contributed by atoms with Gasteiger partial charge in [-0.1, -0.05) is 12.1 Å². The molecule has 1 atom stereocenters. The number of aromatic nitrogens is 3. The van der Waals surface area contributed by atoms with Crippen LogP contribution in [-0.4, -0.2) is 21.0 Å². The molecule has 0 saturated heterocycles. The molecule has 0 N–H and O–H groups in total. The van der Waals surface area contributed by atoms with Gasteiger partial charge in [0.1, 0.15) is 12.3 Å². The van der Waals surface area contributed by atoms with Gasteiger partial charge in [0, 0.05) is 45.2 Å². The van der Waals surface area contributed by atoms with Gasteiger partial charge < -0.3 is 10.7 Å². The molecule has 0 fully saturated rings. The molecule has 0 saturated carbocycles. The van der Waals surface area contributed by atoms with E-state index in [9.17, 15) is 4.79 Å². The summed E-state index contributed by atoms with van der Waals surface area (Å²) in [6.07, 6.45) is 3.78. The number of nitrogens with zero attached hydrogens (tertiary/aromatic N) is 3. The molecule has 19 heavy (non-hydrogen) atoms.